The maximum atomic E-state index is 12.1. The number of aryl methyl sites for hydroxylation is 1. The highest BCUT2D eigenvalue weighted by atomic mass is 16.2. The minimum Gasteiger partial charge on any atom is -0.322 e. The first-order chi connectivity index (χ1) is 10.5. The lowest BCUT2D eigenvalue weighted by atomic mass is 10.1. The zero-order valence-electron chi connectivity index (χ0n) is 11.8. The van der Waals surface area contributed by atoms with Crippen LogP contribution in [-0.2, 0) is 0 Å². The number of nitrogens with one attached hydrogen (secondary N) is 3. The first kappa shape index (κ1) is 13.8. The van der Waals surface area contributed by atoms with E-state index in [1.165, 1.54) is 12.1 Å². The molecule has 6 heteroatoms. The second kappa shape index (κ2) is 5.33. The Morgan fingerprint density at radius 2 is 1.55 bits per heavy atom. The van der Waals surface area contributed by atoms with Crippen molar-refractivity contribution in [3.05, 3.63) is 74.3 Å². The lowest BCUT2D eigenvalue weighted by Crippen LogP contribution is -2.19. The van der Waals surface area contributed by atoms with E-state index in [1.54, 1.807) is 18.2 Å². The van der Waals surface area contributed by atoms with Crippen molar-refractivity contribution in [3.8, 4) is 0 Å². The van der Waals surface area contributed by atoms with Gasteiger partial charge in [-0.25, -0.2) is 0 Å². The van der Waals surface area contributed by atoms with Gasteiger partial charge in [0.25, 0.3) is 17.0 Å². The van der Waals surface area contributed by atoms with E-state index in [1.807, 2.05) is 19.1 Å². The molecular formula is C16H13N3O3. The molecule has 1 amide bonds. The van der Waals surface area contributed by atoms with Crippen molar-refractivity contribution >= 4 is 22.4 Å². The van der Waals surface area contributed by atoms with Crippen molar-refractivity contribution in [2.24, 2.45) is 0 Å². The number of aromatic amines is 2. The molecule has 3 aromatic rings. The van der Waals surface area contributed by atoms with Gasteiger partial charge in [-0.05, 0) is 37.3 Å². The van der Waals surface area contributed by atoms with Gasteiger partial charge in [0.2, 0.25) is 0 Å². The van der Waals surface area contributed by atoms with Crippen LogP contribution in [0, 0.1) is 6.92 Å². The minimum atomic E-state index is -0.416. The molecule has 0 radical (unpaired) electrons. The van der Waals surface area contributed by atoms with Gasteiger partial charge >= 0.3 is 0 Å². The lowest BCUT2D eigenvalue weighted by molar-refractivity contribution is 0.102. The highest BCUT2D eigenvalue weighted by Gasteiger charge is 2.08. The quantitative estimate of drug-likeness (QED) is 0.672. The molecule has 2 aromatic carbocycles. The van der Waals surface area contributed by atoms with Crippen molar-refractivity contribution in [2.45, 2.75) is 6.92 Å². The molecule has 0 aliphatic rings. The van der Waals surface area contributed by atoms with Crippen LogP contribution in [0.2, 0.25) is 0 Å². The Kier molecular flexibility index (Phi) is 3.34. The summed E-state index contributed by atoms with van der Waals surface area (Å²) in [5.74, 6) is -0.277. The monoisotopic (exact) mass is 295 g/mol. The van der Waals surface area contributed by atoms with Crippen LogP contribution in [-0.4, -0.2) is 16.1 Å². The summed E-state index contributed by atoms with van der Waals surface area (Å²) < 4.78 is 0. The SMILES string of the molecule is Cc1ccc(C(=O)Nc2ccc3c(=O)[nH][nH]c(=O)c3c2)cc1. The van der Waals surface area contributed by atoms with Gasteiger partial charge in [0.05, 0.1) is 10.8 Å². The van der Waals surface area contributed by atoms with E-state index in [9.17, 15) is 14.4 Å². The standard InChI is InChI=1S/C16H13N3O3/c1-9-2-4-10(5-3-9)14(20)17-11-6-7-12-13(8-11)16(22)19-18-15(12)21/h2-8H,1H3,(H,17,20)(H,18,21)(H,19,22). The maximum Gasteiger partial charge on any atom is 0.270 e. The molecule has 0 saturated carbocycles. The van der Waals surface area contributed by atoms with Crippen LogP contribution >= 0.6 is 0 Å². The van der Waals surface area contributed by atoms with Crippen molar-refractivity contribution < 1.29 is 4.79 Å². The summed E-state index contributed by atoms with van der Waals surface area (Å²) in [6.45, 7) is 1.94. The molecule has 3 N–H and O–H groups in total. The number of anilines is 1. The third kappa shape index (κ3) is 2.54. The Bertz CT molecular complexity index is 968. The molecular weight excluding hydrogens is 282 g/mol. The Morgan fingerprint density at radius 3 is 2.23 bits per heavy atom. The number of rotatable bonds is 2. The molecule has 0 saturated heterocycles. The van der Waals surface area contributed by atoms with E-state index in [2.05, 4.69) is 15.5 Å². The molecule has 0 aliphatic heterocycles. The highest BCUT2D eigenvalue weighted by molar-refractivity contribution is 6.05. The van der Waals surface area contributed by atoms with Crippen LogP contribution < -0.4 is 16.4 Å². The summed E-state index contributed by atoms with van der Waals surface area (Å²) in [5.41, 5.74) is 1.24. The Morgan fingerprint density at radius 1 is 0.909 bits per heavy atom. The largest absolute Gasteiger partial charge is 0.322 e. The Balaban J connectivity index is 1.96. The zero-order valence-corrected chi connectivity index (χ0v) is 11.8. The molecule has 22 heavy (non-hydrogen) atoms. The Hall–Kier alpha value is -3.15. The number of amides is 1. The first-order valence-electron chi connectivity index (χ1n) is 6.67. The molecule has 110 valence electrons. The fourth-order valence-corrected chi connectivity index (χ4v) is 2.16. The van der Waals surface area contributed by atoms with Gasteiger partial charge in [-0.1, -0.05) is 17.7 Å². The normalized spacial score (nSPS) is 10.6. The average Bonchev–Trinajstić information content (AvgIpc) is 2.52. The molecule has 0 atom stereocenters. The van der Waals surface area contributed by atoms with E-state index in [4.69, 9.17) is 0 Å². The topological polar surface area (TPSA) is 94.8 Å². The van der Waals surface area contributed by atoms with Crippen LogP contribution in [0.4, 0.5) is 5.69 Å². The average molecular weight is 295 g/mol. The second-order valence-corrected chi connectivity index (χ2v) is 4.99. The smallest absolute Gasteiger partial charge is 0.270 e. The van der Waals surface area contributed by atoms with Crippen LogP contribution in [0.5, 0.6) is 0 Å². The first-order valence-corrected chi connectivity index (χ1v) is 6.67. The van der Waals surface area contributed by atoms with Gasteiger partial charge in [-0.15, -0.1) is 0 Å². The zero-order chi connectivity index (χ0) is 15.7. The van der Waals surface area contributed by atoms with Crippen LogP contribution in [0.1, 0.15) is 15.9 Å². The number of aromatic nitrogens is 2. The lowest BCUT2D eigenvalue weighted by Gasteiger charge is -2.06. The van der Waals surface area contributed by atoms with Crippen molar-refractivity contribution in [2.75, 3.05) is 5.32 Å². The minimum absolute atomic E-state index is 0.227. The van der Waals surface area contributed by atoms with Crippen LogP contribution in [0.3, 0.4) is 0 Å². The fraction of sp³-hybridized carbons (Fsp3) is 0.0625. The van der Waals surface area contributed by atoms with E-state index < -0.39 is 5.56 Å². The van der Waals surface area contributed by atoms with E-state index in [0.717, 1.165) is 5.56 Å². The predicted molar refractivity (Wildman–Crippen MR) is 84.3 cm³/mol. The molecule has 0 unspecified atom stereocenters. The number of fused-ring (bicyclic) bond motifs is 1. The number of carbonyl (C=O) groups excluding carboxylic acids is 1. The van der Waals surface area contributed by atoms with Gasteiger partial charge < -0.3 is 5.32 Å². The number of H-pyrrole nitrogens is 2. The third-order valence-electron chi connectivity index (χ3n) is 3.37. The molecule has 1 heterocycles. The molecule has 6 nitrogen and oxygen atoms in total. The summed E-state index contributed by atoms with van der Waals surface area (Å²) in [7, 11) is 0. The van der Waals surface area contributed by atoms with Crippen molar-refractivity contribution in [1.29, 1.82) is 0 Å². The number of hydrogen-bond acceptors (Lipinski definition) is 3. The van der Waals surface area contributed by atoms with E-state index >= 15 is 0 Å². The number of hydrogen-bond donors (Lipinski definition) is 3. The summed E-state index contributed by atoms with van der Waals surface area (Å²) in [6, 6.07) is 11.7. The molecule has 3 rings (SSSR count). The molecule has 0 aliphatic carbocycles. The van der Waals surface area contributed by atoms with E-state index in [0.29, 0.717) is 11.3 Å². The maximum absolute atomic E-state index is 12.1. The summed E-state index contributed by atoms with van der Waals surface area (Å²) in [5, 5.41) is 7.72. The molecule has 0 bridgehead atoms. The van der Waals surface area contributed by atoms with Gasteiger partial charge in [0.15, 0.2) is 0 Å². The second-order valence-electron chi connectivity index (χ2n) is 4.99. The van der Waals surface area contributed by atoms with Crippen molar-refractivity contribution in [1.82, 2.24) is 10.2 Å². The summed E-state index contributed by atoms with van der Waals surface area (Å²) in [6.07, 6.45) is 0. The molecule has 0 fully saturated rings. The summed E-state index contributed by atoms with van der Waals surface area (Å²) >= 11 is 0. The fourth-order valence-electron chi connectivity index (χ4n) is 2.16. The van der Waals surface area contributed by atoms with Crippen LogP contribution in [0.15, 0.2) is 52.1 Å². The molecule has 1 aromatic heterocycles. The number of benzene rings is 2. The third-order valence-corrected chi connectivity index (χ3v) is 3.37. The van der Waals surface area contributed by atoms with Gasteiger partial charge in [-0.3, -0.25) is 24.6 Å². The van der Waals surface area contributed by atoms with Gasteiger partial charge in [0, 0.05) is 11.3 Å². The summed E-state index contributed by atoms with van der Waals surface area (Å²) in [4.78, 5) is 35.5. The highest BCUT2D eigenvalue weighted by Crippen LogP contribution is 2.14. The van der Waals surface area contributed by atoms with Crippen molar-refractivity contribution in [3.63, 3.8) is 0 Å². The van der Waals surface area contributed by atoms with Gasteiger partial charge in [-0.2, -0.15) is 0 Å². The van der Waals surface area contributed by atoms with Crippen LogP contribution in [0.25, 0.3) is 10.8 Å². The van der Waals surface area contributed by atoms with Gasteiger partial charge in [0.1, 0.15) is 0 Å². The Labute approximate surface area is 124 Å². The predicted octanol–water partition coefficient (Wildman–Crippen LogP) is 1.78. The van der Waals surface area contributed by atoms with E-state index in [-0.39, 0.29) is 22.2 Å². The number of carbonyl (C=O) groups is 1. The molecule has 0 spiro atoms.